The maximum absolute atomic E-state index is 12.2. The second-order valence-corrected chi connectivity index (χ2v) is 8.10. The molecule has 2 heterocycles. The van der Waals surface area contributed by atoms with Gasteiger partial charge < -0.3 is 10.4 Å². The monoisotopic (exact) mass is 381 g/mol. The number of carbonyl (C=O) groups excluding carboxylic acids is 1. The van der Waals surface area contributed by atoms with Crippen molar-refractivity contribution in [1.29, 1.82) is 0 Å². The fourth-order valence-electron chi connectivity index (χ4n) is 3.23. The molecule has 9 heteroatoms. The molecule has 25 heavy (non-hydrogen) atoms. The van der Waals surface area contributed by atoms with Crippen molar-refractivity contribution in [2.24, 2.45) is 0 Å². The van der Waals surface area contributed by atoms with Crippen LogP contribution in [0, 0.1) is 0 Å². The Morgan fingerprint density at radius 1 is 1.40 bits per heavy atom. The third kappa shape index (κ3) is 4.40. The van der Waals surface area contributed by atoms with Gasteiger partial charge in [0, 0.05) is 23.4 Å². The lowest BCUT2D eigenvalue weighted by atomic mass is 9.93. The van der Waals surface area contributed by atoms with Gasteiger partial charge in [0.05, 0.1) is 23.4 Å². The molecule has 0 saturated heterocycles. The Hall–Kier alpha value is -1.87. The number of carboxylic acid groups (broad SMARTS) is 1. The molecule has 0 radical (unpaired) electrons. The van der Waals surface area contributed by atoms with Crippen molar-refractivity contribution >= 4 is 39.9 Å². The van der Waals surface area contributed by atoms with Gasteiger partial charge in [0.25, 0.3) is 5.56 Å². The summed E-state index contributed by atoms with van der Waals surface area (Å²) in [4.78, 5) is 40.2. The van der Waals surface area contributed by atoms with Crippen LogP contribution in [0.15, 0.2) is 22.4 Å². The van der Waals surface area contributed by atoms with E-state index in [4.69, 9.17) is 5.11 Å². The molecule has 134 valence electrons. The van der Waals surface area contributed by atoms with Gasteiger partial charge in [-0.05, 0) is 12.8 Å². The average Bonchev–Trinajstić information content (AvgIpc) is 3.16. The Kier molecular flexibility index (Phi) is 5.43. The molecule has 1 aliphatic rings. The van der Waals surface area contributed by atoms with Gasteiger partial charge in [-0.1, -0.05) is 12.8 Å². The van der Waals surface area contributed by atoms with Crippen molar-refractivity contribution < 1.29 is 14.7 Å². The van der Waals surface area contributed by atoms with E-state index in [1.54, 1.807) is 11.6 Å². The molecule has 2 aromatic heterocycles. The van der Waals surface area contributed by atoms with E-state index in [2.05, 4.69) is 10.3 Å². The number of carboxylic acids is 1. The first-order valence-electron chi connectivity index (χ1n) is 8.04. The van der Waals surface area contributed by atoms with E-state index in [0.717, 1.165) is 12.8 Å². The molecule has 7 nitrogen and oxygen atoms in total. The molecule has 1 amide bonds. The highest BCUT2D eigenvalue weighted by molar-refractivity contribution is 7.99. The summed E-state index contributed by atoms with van der Waals surface area (Å²) in [6.45, 7) is 0. The summed E-state index contributed by atoms with van der Waals surface area (Å²) in [7, 11) is 0. The molecule has 0 aromatic carbocycles. The zero-order valence-electron chi connectivity index (χ0n) is 13.6. The molecule has 0 bridgehead atoms. The summed E-state index contributed by atoms with van der Waals surface area (Å²) in [6.07, 6.45) is 4.96. The number of thioether (sulfide) groups is 1. The Morgan fingerprint density at radius 3 is 2.88 bits per heavy atom. The number of aliphatic carboxylic acids is 1. The average molecular weight is 381 g/mol. The molecule has 0 aliphatic heterocycles. The zero-order valence-corrected chi connectivity index (χ0v) is 15.2. The van der Waals surface area contributed by atoms with Crippen LogP contribution in [0.25, 0.3) is 4.96 Å². The second kappa shape index (κ2) is 7.57. The predicted molar refractivity (Wildman–Crippen MR) is 97.1 cm³/mol. The largest absolute Gasteiger partial charge is 0.481 e. The normalized spacial score (nSPS) is 16.2. The standard InChI is InChI=1S/C16H19N3O4S2/c20-12(18-16(8-14(22)23)3-1-2-4-16)10-24-9-11-7-13(21)19-5-6-25-15(19)17-11/h5-7H,1-4,8-10H2,(H,18,20)(H,22,23). The number of fused-ring (bicyclic) bond motifs is 1. The first kappa shape index (κ1) is 17.9. The number of rotatable bonds is 7. The van der Waals surface area contributed by atoms with Crippen LogP contribution >= 0.6 is 23.1 Å². The summed E-state index contributed by atoms with van der Waals surface area (Å²) < 4.78 is 1.49. The number of nitrogens with one attached hydrogen (secondary N) is 1. The number of aromatic nitrogens is 2. The van der Waals surface area contributed by atoms with Crippen LogP contribution in [-0.4, -0.2) is 37.7 Å². The predicted octanol–water partition coefficient (Wildman–Crippen LogP) is 1.89. The summed E-state index contributed by atoms with van der Waals surface area (Å²) in [5.74, 6) is -0.374. The molecule has 0 unspecified atom stereocenters. The van der Waals surface area contributed by atoms with E-state index in [9.17, 15) is 14.4 Å². The van der Waals surface area contributed by atoms with E-state index in [-0.39, 0.29) is 23.6 Å². The lowest BCUT2D eigenvalue weighted by Gasteiger charge is -2.28. The van der Waals surface area contributed by atoms with Crippen LogP contribution in [0.5, 0.6) is 0 Å². The van der Waals surface area contributed by atoms with Crippen molar-refractivity contribution in [1.82, 2.24) is 14.7 Å². The van der Waals surface area contributed by atoms with Gasteiger partial charge in [-0.3, -0.25) is 18.8 Å². The summed E-state index contributed by atoms with van der Waals surface area (Å²) in [6, 6.07) is 1.48. The van der Waals surface area contributed by atoms with E-state index >= 15 is 0 Å². The van der Waals surface area contributed by atoms with Gasteiger partial charge in [-0.25, -0.2) is 4.98 Å². The third-order valence-corrected chi connectivity index (χ3v) is 6.02. The Morgan fingerprint density at radius 2 is 2.16 bits per heavy atom. The fourth-order valence-corrected chi connectivity index (χ4v) is 4.68. The molecule has 0 spiro atoms. The third-order valence-electron chi connectivity index (χ3n) is 4.29. The van der Waals surface area contributed by atoms with Gasteiger partial charge in [0.1, 0.15) is 0 Å². The number of nitrogens with zero attached hydrogens (tertiary/aromatic N) is 2. The number of amides is 1. The van der Waals surface area contributed by atoms with Gasteiger partial charge in [-0.15, -0.1) is 23.1 Å². The van der Waals surface area contributed by atoms with Crippen molar-refractivity contribution in [3.63, 3.8) is 0 Å². The van der Waals surface area contributed by atoms with Gasteiger partial charge >= 0.3 is 5.97 Å². The maximum Gasteiger partial charge on any atom is 0.305 e. The smallest absolute Gasteiger partial charge is 0.305 e. The molecule has 3 rings (SSSR count). The Balaban J connectivity index is 1.54. The quantitative estimate of drug-likeness (QED) is 0.760. The van der Waals surface area contributed by atoms with Crippen LogP contribution < -0.4 is 10.9 Å². The first-order chi connectivity index (χ1) is 12.0. The summed E-state index contributed by atoms with van der Waals surface area (Å²) >= 11 is 2.76. The number of carbonyl (C=O) groups is 2. The second-order valence-electron chi connectivity index (χ2n) is 6.24. The van der Waals surface area contributed by atoms with Crippen LogP contribution in [0.2, 0.25) is 0 Å². The minimum atomic E-state index is -0.885. The lowest BCUT2D eigenvalue weighted by molar-refractivity contribution is -0.139. The molecule has 2 aromatic rings. The fraction of sp³-hybridized carbons (Fsp3) is 0.500. The van der Waals surface area contributed by atoms with Crippen LogP contribution in [0.4, 0.5) is 0 Å². The highest BCUT2D eigenvalue weighted by Crippen LogP contribution is 2.32. The van der Waals surface area contributed by atoms with Gasteiger partial charge in [0.2, 0.25) is 5.91 Å². The van der Waals surface area contributed by atoms with E-state index < -0.39 is 11.5 Å². The lowest BCUT2D eigenvalue weighted by Crippen LogP contribution is -2.48. The molecular weight excluding hydrogens is 362 g/mol. The zero-order chi connectivity index (χ0) is 17.9. The van der Waals surface area contributed by atoms with Crippen molar-refractivity contribution in [3.05, 3.63) is 33.7 Å². The van der Waals surface area contributed by atoms with E-state index in [0.29, 0.717) is 29.2 Å². The highest BCUT2D eigenvalue weighted by Gasteiger charge is 2.37. The van der Waals surface area contributed by atoms with Crippen LogP contribution in [0.1, 0.15) is 37.8 Å². The Labute approximate surface area is 152 Å². The van der Waals surface area contributed by atoms with Crippen molar-refractivity contribution in [2.75, 3.05) is 5.75 Å². The number of hydrogen-bond acceptors (Lipinski definition) is 6. The molecule has 1 fully saturated rings. The first-order valence-corrected chi connectivity index (χ1v) is 10.1. The van der Waals surface area contributed by atoms with Crippen molar-refractivity contribution in [3.8, 4) is 0 Å². The topological polar surface area (TPSA) is 101 Å². The summed E-state index contributed by atoms with van der Waals surface area (Å²) in [5.41, 5.74) is -0.0831. The van der Waals surface area contributed by atoms with Crippen LogP contribution in [0.3, 0.4) is 0 Å². The minimum absolute atomic E-state index is 0.0310. The van der Waals surface area contributed by atoms with E-state index in [1.165, 1.54) is 33.6 Å². The van der Waals surface area contributed by atoms with Gasteiger partial charge in [-0.2, -0.15) is 0 Å². The molecule has 2 N–H and O–H groups in total. The molecule has 0 atom stereocenters. The maximum atomic E-state index is 12.2. The highest BCUT2D eigenvalue weighted by atomic mass is 32.2. The number of thiazole rings is 1. The summed E-state index contributed by atoms with van der Waals surface area (Å²) in [5, 5.41) is 13.8. The van der Waals surface area contributed by atoms with Crippen molar-refractivity contribution in [2.45, 2.75) is 43.4 Å². The van der Waals surface area contributed by atoms with Crippen LogP contribution in [-0.2, 0) is 15.3 Å². The van der Waals surface area contributed by atoms with Gasteiger partial charge in [0.15, 0.2) is 4.96 Å². The molecule has 1 saturated carbocycles. The SMILES string of the molecule is O=C(O)CC1(NC(=O)CSCc2cc(=O)n3ccsc3n2)CCCC1. The number of hydrogen-bond donors (Lipinski definition) is 2. The van der Waals surface area contributed by atoms with E-state index in [1.807, 2.05) is 0 Å². The Bertz CT molecular complexity index is 839. The molecular formula is C16H19N3O4S2. The molecule has 1 aliphatic carbocycles. The minimum Gasteiger partial charge on any atom is -0.481 e.